The molecule has 0 heterocycles. The number of hydrogen-bond donors (Lipinski definition) is 0. The van der Waals surface area contributed by atoms with E-state index < -0.39 is 0 Å². The van der Waals surface area contributed by atoms with Crippen LogP contribution in [0.5, 0.6) is 0 Å². The first-order valence-corrected chi connectivity index (χ1v) is 8.30. The maximum absolute atomic E-state index is 12.5. The molecule has 0 aliphatic rings. The molecule has 0 saturated carbocycles. The lowest BCUT2D eigenvalue weighted by atomic mass is 10.2. The highest BCUT2D eigenvalue weighted by Crippen LogP contribution is 2.15. The van der Waals surface area contributed by atoms with Crippen molar-refractivity contribution in [3.63, 3.8) is 0 Å². The van der Waals surface area contributed by atoms with Crippen molar-refractivity contribution < 1.29 is 4.39 Å². The van der Waals surface area contributed by atoms with Crippen molar-refractivity contribution in [2.45, 2.75) is 48.5 Å². The highest BCUT2D eigenvalue weighted by Gasteiger charge is 1.94. The van der Waals surface area contributed by atoms with Crippen LogP contribution in [-0.4, -0.2) is 0 Å². The Hall–Kier alpha value is -1.05. The van der Waals surface area contributed by atoms with Gasteiger partial charge in [0.15, 0.2) is 0 Å². The minimum Gasteiger partial charge on any atom is -0.207 e. The predicted octanol–water partition coefficient (Wildman–Crippen LogP) is 7.80. The summed E-state index contributed by atoms with van der Waals surface area (Å²) in [5, 5.41) is 1.29. The minimum atomic E-state index is -0.248. The van der Waals surface area contributed by atoms with Crippen molar-refractivity contribution in [2.75, 3.05) is 0 Å². The maximum atomic E-state index is 12.5. The van der Waals surface area contributed by atoms with E-state index in [0.29, 0.717) is 10.6 Å². The fraction of sp³-hybridized carbons (Fsp3) is 0.368. The zero-order valence-corrected chi connectivity index (χ0v) is 16.1. The zero-order chi connectivity index (χ0) is 17.7. The second kappa shape index (κ2) is 13.6. The Bertz CT molecular complexity index is 487. The molecule has 0 amide bonds. The van der Waals surface area contributed by atoms with Crippen molar-refractivity contribution in [2.24, 2.45) is 0 Å². The summed E-state index contributed by atoms with van der Waals surface area (Å²) in [4.78, 5) is 0. The first-order chi connectivity index (χ1) is 10.4. The van der Waals surface area contributed by atoms with Crippen LogP contribution in [0, 0.1) is 26.6 Å². The van der Waals surface area contributed by atoms with Crippen LogP contribution >= 0.6 is 23.2 Å². The maximum Gasteiger partial charge on any atom is 0.127 e. The SMILES string of the molecule is CC.CC.Cc1ccc(Cl)c(C)c1.Cc1ccc(Cl)cc1F. The largest absolute Gasteiger partial charge is 0.207 e. The van der Waals surface area contributed by atoms with E-state index >= 15 is 0 Å². The number of aryl methyl sites for hydroxylation is 3. The zero-order valence-electron chi connectivity index (χ0n) is 14.6. The smallest absolute Gasteiger partial charge is 0.127 e. The molecule has 0 aliphatic carbocycles. The van der Waals surface area contributed by atoms with Crippen LogP contribution in [-0.2, 0) is 0 Å². The molecule has 0 aromatic heterocycles. The Kier molecular flexibility index (Phi) is 14.4. The van der Waals surface area contributed by atoms with Gasteiger partial charge in [0.05, 0.1) is 0 Å². The molecule has 0 fully saturated rings. The van der Waals surface area contributed by atoms with Crippen LogP contribution < -0.4 is 0 Å². The molecule has 0 N–H and O–H groups in total. The van der Waals surface area contributed by atoms with Crippen molar-refractivity contribution in [1.29, 1.82) is 0 Å². The van der Waals surface area contributed by atoms with E-state index in [0.717, 1.165) is 10.6 Å². The van der Waals surface area contributed by atoms with Crippen LogP contribution in [0.3, 0.4) is 0 Å². The lowest BCUT2D eigenvalue weighted by Gasteiger charge is -1.96. The molecule has 2 aromatic rings. The van der Waals surface area contributed by atoms with Gasteiger partial charge in [0.25, 0.3) is 0 Å². The Morgan fingerprint density at radius 3 is 1.64 bits per heavy atom. The monoisotopic (exact) mass is 344 g/mol. The highest BCUT2D eigenvalue weighted by atomic mass is 35.5. The van der Waals surface area contributed by atoms with Gasteiger partial charge < -0.3 is 0 Å². The molecule has 124 valence electrons. The summed E-state index contributed by atoms with van der Waals surface area (Å²) in [6.07, 6.45) is 0. The summed E-state index contributed by atoms with van der Waals surface area (Å²) in [5.41, 5.74) is 3.04. The van der Waals surface area contributed by atoms with Gasteiger partial charge in [-0.3, -0.25) is 0 Å². The van der Waals surface area contributed by atoms with Crippen LogP contribution in [0.25, 0.3) is 0 Å². The lowest BCUT2D eigenvalue weighted by Crippen LogP contribution is -1.78. The molecule has 2 aromatic carbocycles. The summed E-state index contributed by atoms with van der Waals surface area (Å²) >= 11 is 11.3. The third kappa shape index (κ3) is 9.81. The Balaban J connectivity index is 0. The third-order valence-electron chi connectivity index (χ3n) is 2.45. The van der Waals surface area contributed by atoms with E-state index in [4.69, 9.17) is 23.2 Å². The number of benzene rings is 2. The van der Waals surface area contributed by atoms with E-state index in [1.807, 2.05) is 46.8 Å². The molecule has 0 radical (unpaired) electrons. The molecule has 0 saturated heterocycles. The molecular formula is C19H27Cl2F. The van der Waals surface area contributed by atoms with E-state index in [9.17, 15) is 4.39 Å². The molecule has 22 heavy (non-hydrogen) atoms. The summed E-state index contributed by atoms with van der Waals surface area (Å²) in [7, 11) is 0. The van der Waals surface area contributed by atoms with Gasteiger partial charge >= 0.3 is 0 Å². The standard InChI is InChI=1S/C8H9Cl.C7H6ClF.2C2H6/c1-6-3-4-8(9)7(2)5-6;1-5-2-3-6(8)4-7(5)9;2*1-2/h3-5H,1-2H3;2-4H,1H3;2*1-2H3. The summed E-state index contributed by atoms with van der Waals surface area (Å²) in [5.74, 6) is -0.248. The number of halogens is 3. The topological polar surface area (TPSA) is 0 Å². The van der Waals surface area contributed by atoms with E-state index in [1.165, 1.54) is 11.6 Å². The van der Waals surface area contributed by atoms with Crippen molar-refractivity contribution in [3.05, 3.63) is 69.0 Å². The third-order valence-corrected chi connectivity index (χ3v) is 3.11. The predicted molar refractivity (Wildman–Crippen MR) is 99.8 cm³/mol. The van der Waals surface area contributed by atoms with E-state index in [-0.39, 0.29) is 5.82 Å². The van der Waals surface area contributed by atoms with Crippen LogP contribution in [0.1, 0.15) is 44.4 Å². The van der Waals surface area contributed by atoms with Crippen molar-refractivity contribution >= 4 is 23.2 Å². The highest BCUT2D eigenvalue weighted by molar-refractivity contribution is 6.31. The lowest BCUT2D eigenvalue weighted by molar-refractivity contribution is 0.618. The molecule has 0 bridgehead atoms. The van der Waals surface area contributed by atoms with Crippen LogP contribution in [0.4, 0.5) is 4.39 Å². The summed E-state index contributed by atoms with van der Waals surface area (Å²) in [6, 6.07) is 10.6. The average Bonchev–Trinajstić information content (AvgIpc) is 2.52. The van der Waals surface area contributed by atoms with Crippen molar-refractivity contribution in [3.8, 4) is 0 Å². The first kappa shape index (κ1) is 23.2. The molecule has 2 rings (SSSR count). The van der Waals surface area contributed by atoms with Gasteiger partial charge in [-0.1, -0.05) is 74.7 Å². The summed E-state index contributed by atoms with van der Waals surface area (Å²) in [6.45, 7) is 13.8. The molecular weight excluding hydrogens is 318 g/mol. The Morgan fingerprint density at radius 1 is 0.727 bits per heavy atom. The molecule has 3 heteroatoms. The van der Waals surface area contributed by atoms with E-state index in [1.54, 1.807) is 19.1 Å². The fourth-order valence-electron chi connectivity index (χ4n) is 1.36. The average molecular weight is 345 g/mol. The van der Waals surface area contributed by atoms with Gasteiger partial charge in [-0.25, -0.2) is 4.39 Å². The number of hydrogen-bond acceptors (Lipinski definition) is 0. The minimum absolute atomic E-state index is 0.248. The van der Waals surface area contributed by atoms with Gasteiger partial charge in [-0.2, -0.15) is 0 Å². The summed E-state index contributed by atoms with van der Waals surface area (Å²) < 4.78 is 12.5. The quantitative estimate of drug-likeness (QED) is 0.457. The molecule has 0 nitrogen and oxygen atoms in total. The van der Waals surface area contributed by atoms with Crippen molar-refractivity contribution in [1.82, 2.24) is 0 Å². The molecule has 0 spiro atoms. The van der Waals surface area contributed by atoms with Gasteiger partial charge in [0.2, 0.25) is 0 Å². The second-order valence-corrected chi connectivity index (χ2v) is 4.99. The number of rotatable bonds is 0. The Labute approximate surface area is 145 Å². The second-order valence-electron chi connectivity index (χ2n) is 4.15. The van der Waals surface area contributed by atoms with Gasteiger partial charge in [0, 0.05) is 10.0 Å². The molecule has 0 atom stereocenters. The molecule has 0 aliphatic heterocycles. The van der Waals surface area contributed by atoms with Crippen LogP contribution in [0.15, 0.2) is 36.4 Å². The first-order valence-electron chi connectivity index (χ1n) is 7.54. The van der Waals surface area contributed by atoms with Gasteiger partial charge in [-0.15, -0.1) is 0 Å². The normalized spacial score (nSPS) is 8.45. The molecule has 0 unspecified atom stereocenters. The van der Waals surface area contributed by atoms with Gasteiger partial charge in [0.1, 0.15) is 5.82 Å². The Morgan fingerprint density at radius 2 is 1.27 bits per heavy atom. The van der Waals surface area contributed by atoms with E-state index in [2.05, 4.69) is 13.0 Å². The van der Waals surface area contributed by atoms with Crippen LogP contribution in [0.2, 0.25) is 10.0 Å². The fourth-order valence-corrected chi connectivity index (χ4v) is 1.64. The van der Waals surface area contributed by atoms with Gasteiger partial charge in [-0.05, 0) is 50.1 Å².